The number of nitrogens with zero attached hydrogens (tertiary/aromatic N) is 3. The number of hydrogen-bond acceptors (Lipinski definition) is 3. The van der Waals surface area contributed by atoms with Crippen LogP contribution in [0.3, 0.4) is 0 Å². The third-order valence-electron chi connectivity index (χ3n) is 3.15. The van der Waals surface area contributed by atoms with Crippen LogP contribution in [0.1, 0.15) is 16.1 Å². The normalized spacial score (nSPS) is 16.0. The van der Waals surface area contributed by atoms with Gasteiger partial charge >= 0.3 is 12.3 Å². The second-order valence-electron chi connectivity index (χ2n) is 4.49. The summed E-state index contributed by atoms with van der Waals surface area (Å²) in [7, 11) is 0. The van der Waals surface area contributed by atoms with Crippen LogP contribution in [0.15, 0.2) is 18.3 Å². The Morgan fingerprint density at radius 3 is 2.10 bits per heavy atom. The van der Waals surface area contributed by atoms with Crippen molar-refractivity contribution in [1.82, 2.24) is 14.8 Å². The highest BCUT2D eigenvalue weighted by Gasteiger charge is 2.31. The molecule has 1 N–H and O–H groups in total. The summed E-state index contributed by atoms with van der Waals surface area (Å²) in [6, 6.07) is 1.82. The van der Waals surface area contributed by atoms with Gasteiger partial charge in [-0.1, -0.05) is 0 Å². The number of hydrogen-bond donors (Lipinski definition) is 1. The standard InChI is InChI=1S/C12H12F3N3O3/c13-12(14,15)8-1-2-9(16-7-8)10(19)17-3-5-18(6-4-17)11(20)21/h1-2,7H,3-6H2,(H,20,21). The quantitative estimate of drug-likeness (QED) is 0.854. The van der Waals surface area contributed by atoms with Crippen LogP contribution in [-0.2, 0) is 6.18 Å². The van der Waals surface area contributed by atoms with E-state index in [9.17, 15) is 22.8 Å². The van der Waals surface area contributed by atoms with Crippen molar-refractivity contribution < 1.29 is 27.9 Å². The first-order valence-corrected chi connectivity index (χ1v) is 6.09. The monoisotopic (exact) mass is 303 g/mol. The first kappa shape index (κ1) is 15.1. The highest BCUT2D eigenvalue weighted by atomic mass is 19.4. The molecule has 1 aliphatic rings. The predicted octanol–water partition coefficient (Wildman–Crippen LogP) is 1.54. The van der Waals surface area contributed by atoms with Crippen molar-refractivity contribution in [2.75, 3.05) is 26.2 Å². The fraction of sp³-hybridized carbons (Fsp3) is 0.417. The smallest absolute Gasteiger partial charge is 0.417 e. The van der Waals surface area contributed by atoms with E-state index in [0.29, 0.717) is 6.20 Å². The van der Waals surface area contributed by atoms with Crippen molar-refractivity contribution in [3.63, 3.8) is 0 Å². The van der Waals surface area contributed by atoms with Crippen molar-refractivity contribution in [3.8, 4) is 0 Å². The van der Waals surface area contributed by atoms with E-state index in [0.717, 1.165) is 12.1 Å². The lowest BCUT2D eigenvalue weighted by Gasteiger charge is -2.32. The molecule has 1 aliphatic heterocycles. The van der Waals surface area contributed by atoms with Gasteiger partial charge in [0.1, 0.15) is 5.69 Å². The van der Waals surface area contributed by atoms with E-state index in [1.165, 1.54) is 9.80 Å². The lowest BCUT2D eigenvalue weighted by atomic mass is 10.2. The van der Waals surface area contributed by atoms with Crippen LogP contribution in [-0.4, -0.2) is 58.1 Å². The SMILES string of the molecule is O=C(O)N1CCN(C(=O)c2ccc(C(F)(F)F)cn2)CC1. The highest BCUT2D eigenvalue weighted by molar-refractivity contribution is 5.92. The maximum absolute atomic E-state index is 12.4. The number of carbonyl (C=O) groups is 2. The average Bonchev–Trinajstić information content (AvgIpc) is 2.46. The van der Waals surface area contributed by atoms with E-state index in [-0.39, 0.29) is 31.9 Å². The summed E-state index contributed by atoms with van der Waals surface area (Å²) in [5, 5.41) is 8.79. The molecule has 0 saturated carbocycles. The Morgan fingerprint density at radius 1 is 1.10 bits per heavy atom. The molecule has 0 aliphatic carbocycles. The molecular formula is C12H12F3N3O3. The number of aromatic nitrogens is 1. The summed E-state index contributed by atoms with van der Waals surface area (Å²) in [5.74, 6) is -0.506. The summed E-state index contributed by atoms with van der Waals surface area (Å²) in [4.78, 5) is 28.9. The number of piperazine rings is 1. The predicted molar refractivity (Wildman–Crippen MR) is 64.7 cm³/mol. The van der Waals surface area contributed by atoms with Gasteiger partial charge in [0.15, 0.2) is 0 Å². The molecule has 6 nitrogen and oxygen atoms in total. The molecule has 21 heavy (non-hydrogen) atoms. The number of halogens is 3. The summed E-state index contributed by atoms with van der Waals surface area (Å²) < 4.78 is 37.2. The van der Waals surface area contributed by atoms with Crippen molar-refractivity contribution >= 4 is 12.0 Å². The van der Waals surface area contributed by atoms with E-state index in [1.54, 1.807) is 0 Å². The molecular weight excluding hydrogens is 291 g/mol. The van der Waals surface area contributed by atoms with Crippen LogP contribution in [0.5, 0.6) is 0 Å². The van der Waals surface area contributed by atoms with Gasteiger partial charge in [-0.05, 0) is 12.1 Å². The van der Waals surface area contributed by atoms with Crippen molar-refractivity contribution in [2.45, 2.75) is 6.18 Å². The molecule has 0 unspecified atom stereocenters. The first-order valence-electron chi connectivity index (χ1n) is 6.09. The Hall–Kier alpha value is -2.32. The van der Waals surface area contributed by atoms with Gasteiger partial charge in [0.25, 0.3) is 5.91 Å². The molecule has 0 aromatic carbocycles. The molecule has 0 bridgehead atoms. The largest absolute Gasteiger partial charge is 0.465 e. The maximum atomic E-state index is 12.4. The molecule has 9 heteroatoms. The van der Waals surface area contributed by atoms with Crippen molar-refractivity contribution in [1.29, 1.82) is 0 Å². The Bertz CT molecular complexity index is 537. The molecule has 1 saturated heterocycles. The van der Waals surface area contributed by atoms with Gasteiger partial charge in [-0.2, -0.15) is 13.2 Å². The molecule has 2 heterocycles. The van der Waals surface area contributed by atoms with Crippen LogP contribution in [0.2, 0.25) is 0 Å². The second-order valence-corrected chi connectivity index (χ2v) is 4.49. The van der Waals surface area contributed by atoms with E-state index in [2.05, 4.69) is 4.98 Å². The minimum Gasteiger partial charge on any atom is -0.465 e. The zero-order chi connectivity index (χ0) is 15.6. The molecule has 0 radical (unpaired) electrons. The highest BCUT2D eigenvalue weighted by Crippen LogP contribution is 2.28. The first-order chi connectivity index (χ1) is 9.79. The van der Waals surface area contributed by atoms with Crippen molar-refractivity contribution in [2.24, 2.45) is 0 Å². The van der Waals surface area contributed by atoms with Crippen LogP contribution in [0.25, 0.3) is 0 Å². The van der Waals surface area contributed by atoms with Crippen LogP contribution in [0.4, 0.5) is 18.0 Å². The number of carbonyl (C=O) groups excluding carboxylic acids is 1. The van der Waals surface area contributed by atoms with Gasteiger partial charge in [-0.15, -0.1) is 0 Å². The average molecular weight is 303 g/mol. The van der Waals surface area contributed by atoms with E-state index < -0.39 is 23.7 Å². The molecule has 114 valence electrons. The summed E-state index contributed by atoms with van der Waals surface area (Å²) in [6.45, 7) is 0.713. The van der Waals surface area contributed by atoms with Gasteiger partial charge in [-0.25, -0.2) is 4.79 Å². The number of amides is 2. The Labute approximate surface area is 117 Å². The Morgan fingerprint density at radius 2 is 1.67 bits per heavy atom. The van der Waals surface area contributed by atoms with Gasteiger partial charge in [-0.3, -0.25) is 9.78 Å². The molecule has 2 amide bonds. The fourth-order valence-electron chi connectivity index (χ4n) is 1.95. The van der Waals surface area contributed by atoms with Crippen LogP contribution < -0.4 is 0 Å². The van der Waals surface area contributed by atoms with E-state index >= 15 is 0 Å². The summed E-state index contributed by atoms with van der Waals surface area (Å²) >= 11 is 0. The minimum absolute atomic E-state index is 0.0909. The van der Waals surface area contributed by atoms with Gasteiger partial charge in [0, 0.05) is 32.4 Å². The van der Waals surface area contributed by atoms with Gasteiger partial charge < -0.3 is 14.9 Å². The minimum atomic E-state index is -4.50. The molecule has 0 atom stereocenters. The van der Waals surface area contributed by atoms with E-state index in [4.69, 9.17) is 5.11 Å². The number of rotatable bonds is 1. The third-order valence-corrected chi connectivity index (χ3v) is 3.15. The fourth-order valence-corrected chi connectivity index (χ4v) is 1.95. The van der Waals surface area contributed by atoms with Gasteiger partial charge in [0.05, 0.1) is 5.56 Å². The summed E-state index contributed by atoms with van der Waals surface area (Å²) in [5.41, 5.74) is -1.01. The third kappa shape index (κ3) is 3.41. The Kier molecular flexibility index (Phi) is 4.01. The molecule has 1 fully saturated rings. The molecule has 1 aromatic heterocycles. The van der Waals surface area contributed by atoms with Crippen molar-refractivity contribution in [3.05, 3.63) is 29.6 Å². The number of carboxylic acid groups (broad SMARTS) is 1. The lowest BCUT2D eigenvalue weighted by Crippen LogP contribution is -2.50. The maximum Gasteiger partial charge on any atom is 0.417 e. The Balaban J connectivity index is 2.03. The zero-order valence-corrected chi connectivity index (χ0v) is 10.8. The van der Waals surface area contributed by atoms with Crippen LogP contribution in [0, 0.1) is 0 Å². The number of pyridine rings is 1. The number of alkyl halides is 3. The van der Waals surface area contributed by atoms with E-state index in [1.807, 2.05) is 0 Å². The molecule has 1 aromatic rings. The van der Waals surface area contributed by atoms with Gasteiger partial charge in [0.2, 0.25) is 0 Å². The lowest BCUT2D eigenvalue weighted by molar-refractivity contribution is -0.137. The second kappa shape index (κ2) is 5.58. The molecule has 0 spiro atoms. The topological polar surface area (TPSA) is 73.7 Å². The summed E-state index contributed by atoms with van der Waals surface area (Å²) in [6.07, 6.45) is -4.95. The molecule has 2 rings (SSSR count). The zero-order valence-electron chi connectivity index (χ0n) is 10.8. The van der Waals surface area contributed by atoms with Crippen LogP contribution >= 0.6 is 0 Å².